The Balaban J connectivity index is 1.02. The van der Waals surface area contributed by atoms with Gasteiger partial charge in [0, 0.05) is 12.5 Å². The number of benzene rings is 3. The van der Waals surface area contributed by atoms with Crippen LogP contribution < -0.4 is 0 Å². The van der Waals surface area contributed by atoms with E-state index in [0.29, 0.717) is 5.41 Å². The monoisotopic (exact) mass is 616 g/mol. The van der Waals surface area contributed by atoms with Crippen LogP contribution in [0.4, 0.5) is 0 Å². The van der Waals surface area contributed by atoms with Gasteiger partial charge in [-0.3, -0.25) is 0 Å². The summed E-state index contributed by atoms with van der Waals surface area (Å²) in [6.07, 6.45) is 20.4. The summed E-state index contributed by atoms with van der Waals surface area (Å²) >= 11 is 0. The van der Waals surface area contributed by atoms with Crippen LogP contribution in [0.25, 0.3) is 27.6 Å². The molecule has 4 aliphatic rings. The van der Waals surface area contributed by atoms with Gasteiger partial charge < -0.3 is 4.74 Å². The first-order valence-corrected chi connectivity index (χ1v) is 18.7. The Morgan fingerprint density at radius 2 is 1.61 bits per heavy atom. The Kier molecular flexibility index (Phi) is 8.71. The lowest BCUT2D eigenvalue weighted by atomic mass is 9.47. The van der Waals surface area contributed by atoms with E-state index in [9.17, 15) is 4.79 Å². The smallest absolute Gasteiger partial charge is 0.331 e. The molecule has 3 saturated carbocycles. The third kappa shape index (κ3) is 5.67. The molecule has 0 spiro atoms. The Bertz CT molecular complexity index is 1590. The van der Waals surface area contributed by atoms with Crippen molar-refractivity contribution >= 4 is 33.6 Å². The molecule has 3 fully saturated rings. The molecule has 0 bridgehead atoms. The molecule has 2 heteroatoms. The highest BCUT2D eigenvalue weighted by atomic mass is 16.5. The minimum atomic E-state index is -0.215. The lowest BCUT2D eigenvalue weighted by molar-refractivity contribution is -0.145. The van der Waals surface area contributed by atoms with Gasteiger partial charge in [-0.1, -0.05) is 114 Å². The van der Waals surface area contributed by atoms with Gasteiger partial charge in [0.1, 0.15) is 6.10 Å². The maximum atomic E-state index is 13.2. The van der Waals surface area contributed by atoms with E-state index in [-0.39, 0.29) is 17.5 Å². The minimum absolute atomic E-state index is 0.0197. The standard InChI is InChI=1S/C44H56O2/c1-29(2)11-10-12-30(3)39-20-21-40-38-18-17-33-28-34(23-25-43(33,4)41(38)24-26-44(39,40)5)46-42(45)22-19-37-35-15-8-6-13-31(35)27-32-14-7-9-16-36(32)37/h6-9,13-17,19,22,27,29-30,34,38-41H,10-12,18,20-21,23-26,28H2,1-5H3/b22-19-/t30-,34-,38-,39+,40-,41-,43-,44+/m0/s1. The molecule has 0 heterocycles. The summed E-state index contributed by atoms with van der Waals surface area (Å²) in [6.45, 7) is 12.6. The summed E-state index contributed by atoms with van der Waals surface area (Å²) in [6, 6.07) is 19.1. The third-order valence-electron chi connectivity index (χ3n) is 13.7. The lowest BCUT2D eigenvalue weighted by Crippen LogP contribution is -2.51. The maximum Gasteiger partial charge on any atom is 0.331 e. The zero-order valence-electron chi connectivity index (χ0n) is 29.1. The first-order chi connectivity index (χ1) is 22.2. The molecule has 8 atom stereocenters. The number of hydrogen-bond donors (Lipinski definition) is 0. The Hall–Kier alpha value is -2.87. The van der Waals surface area contributed by atoms with Gasteiger partial charge in [-0.25, -0.2) is 4.79 Å². The molecule has 3 aromatic rings. The van der Waals surface area contributed by atoms with Crippen LogP contribution in [-0.2, 0) is 9.53 Å². The summed E-state index contributed by atoms with van der Waals surface area (Å²) in [5.74, 6) is 4.86. The van der Waals surface area contributed by atoms with Gasteiger partial charge in [-0.05, 0) is 131 Å². The molecule has 4 aliphatic carbocycles. The van der Waals surface area contributed by atoms with E-state index in [0.717, 1.165) is 60.3 Å². The second-order valence-electron chi connectivity index (χ2n) is 16.7. The van der Waals surface area contributed by atoms with Crippen LogP contribution in [0.1, 0.15) is 111 Å². The number of fused-ring (bicyclic) bond motifs is 7. The highest BCUT2D eigenvalue weighted by molar-refractivity contribution is 6.08. The number of ether oxygens (including phenoxy) is 1. The van der Waals surface area contributed by atoms with Gasteiger partial charge in [-0.15, -0.1) is 0 Å². The van der Waals surface area contributed by atoms with Crippen LogP contribution in [0.15, 0.2) is 72.3 Å². The Morgan fingerprint density at radius 3 is 2.33 bits per heavy atom. The van der Waals surface area contributed by atoms with Crippen molar-refractivity contribution in [1.29, 1.82) is 0 Å². The van der Waals surface area contributed by atoms with Gasteiger partial charge in [-0.2, -0.15) is 0 Å². The summed E-state index contributed by atoms with van der Waals surface area (Å²) < 4.78 is 6.17. The predicted octanol–water partition coefficient (Wildman–Crippen LogP) is 12.0. The fourth-order valence-electron chi connectivity index (χ4n) is 11.3. The van der Waals surface area contributed by atoms with Crippen molar-refractivity contribution in [2.45, 2.75) is 111 Å². The molecule has 0 aromatic heterocycles. The number of rotatable bonds is 8. The van der Waals surface area contributed by atoms with Crippen LogP contribution in [0, 0.1) is 46.3 Å². The van der Waals surface area contributed by atoms with E-state index in [1.807, 2.05) is 6.08 Å². The van der Waals surface area contributed by atoms with Crippen molar-refractivity contribution in [1.82, 2.24) is 0 Å². The molecule has 0 saturated heterocycles. The average molecular weight is 617 g/mol. The van der Waals surface area contributed by atoms with E-state index in [1.165, 1.54) is 72.9 Å². The summed E-state index contributed by atoms with van der Waals surface area (Å²) in [5, 5.41) is 4.71. The normalized spacial score (nSPS) is 33.1. The molecule has 244 valence electrons. The zero-order chi connectivity index (χ0) is 32.1. The van der Waals surface area contributed by atoms with Gasteiger partial charge in [0.25, 0.3) is 0 Å². The van der Waals surface area contributed by atoms with E-state index in [2.05, 4.69) is 95.3 Å². The largest absolute Gasteiger partial charge is 0.459 e. The molecule has 0 N–H and O–H groups in total. The summed E-state index contributed by atoms with van der Waals surface area (Å²) in [5.41, 5.74) is 3.47. The number of esters is 1. The van der Waals surface area contributed by atoms with Crippen LogP contribution in [0.2, 0.25) is 0 Å². The molecule has 2 nitrogen and oxygen atoms in total. The van der Waals surface area contributed by atoms with Gasteiger partial charge in [0.15, 0.2) is 0 Å². The van der Waals surface area contributed by atoms with Crippen molar-refractivity contribution in [3.63, 3.8) is 0 Å². The van der Waals surface area contributed by atoms with Crippen molar-refractivity contribution in [2.75, 3.05) is 0 Å². The molecule has 7 rings (SSSR count). The van der Waals surface area contributed by atoms with Crippen molar-refractivity contribution in [2.24, 2.45) is 46.3 Å². The predicted molar refractivity (Wildman–Crippen MR) is 193 cm³/mol. The first kappa shape index (κ1) is 31.7. The second kappa shape index (κ2) is 12.6. The molecule has 0 radical (unpaired) electrons. The van der Waals surface area contributed by atoms with Crippen LogP contribution in [0.3, 0.4) is 0 Å². The molecule has 3 aromatic carbocycles. The SMILES string of the molecule is CC(C)CCC[C@H](C)[C@H]1CC[C@H]2[C@@H]3CC=C4C[C@@H](OC(=O)/C=C\c5c6ccccc6cc6ccccc56)CC[C@]4(C)[C@H]3CC[C@]12C. The third-order valence-corrected chi connectivity index (χ3v) is 13.7. The number of carbonyl (C=O) groups excluding carboxylic acids is 1. The minimum Gasteiger partial charge on any atom is -0.459 e. The van der Waals surface area contributed by atoms with Crippen LogP contribution in [0.5, 0.6) is 0 Å². The van der Waals surface area contributed by atoms with Crippen molar-refractivity contribution < 1.29 is 9.53 Å². The topological polar surface area (TPSA) is 26.3 Å². The first-order valence-electron chi connectivity index (χ1n) is 18.7. The van der Waals surface area contributed by atoms with Crippen molar-refractivity contribution in [3.8, 4) is 0 Å². The number of allylic oxidation sites excluding steroid dienone is 1. The molecular weight excluding hydrogens is 560 g/mol. The van der Waals surface area contributed by atoms with Gasteiger partial charge in [0.2, 0.25) is 0 Å². The van der Waals surface area contributed by atoms with Gasteiger partial charge >= 0.3 is 5.97 Å². The zero-order valence-corrected chi connectivity index (χ0v) is 29.1. The fraction of sp³-hybridized carbons (Fsp3) is 0.568. The molecular formula is C44H56O2. The number of carbonyl (C=O) groups is 1. The van der Waals surface area contributed by atoms with Crippen LogP contribution >= 0.6 is 0 Å². The van der Waals surface area contributed by atoms with Gasteiger partial charge in [0.05, 0.1) is 0 Å². The maximum absolute atomic E-state index is 13.2. The summed E-state index contributed by atoms with van der Waals surface area (Å²) in [7, 11) is 0. The lowest BCUT2D eigenvalue weighted by Gasteiger charge is -2.58. The van der Waals surface area contributed by atoms with E-state index in [4.69, 9.17) is 4.74 Å². The summed E-state index contributed by atoms with van der Waals surface area (Å²) in [4.78, 5) is 13.2. The molecule has 0 unspecified atom stereocenters. The van der Waals surface area contributed by atoms with E-state index < -0.39 is 0 Å². The highest BCUT2D eigenvalue weighted by Gasteiger charge is 2.59. The molecule has 0 amide bonds. The highest BCUT2D eigenvalue weighted by Crippen LogP contribution is 2.67. The average Bonchev–Trinajstić information content (AvgIpc) is 3.40. The molecule has 0 aliphatic heterocycles. The van der Waals surface area contributed by atoms with Crippen molar-refractivity contribution in [3.05, 3.63) is 77.9 Å². The van der Waals surface area contributed by atoms with E-state index >= 15 is 0 Å². The number of hydrogen-bond acceptors (Lipinski definition) is 2. The second-order valence-corrected chi connectivity index (χ2v) is 16.7. The molecule has 46 heavy (non-hydrogen) atoms. The Morgan fingerprint density at radius 1 is 0.891 bits per heavy atom. The quantitative estimate of drug-likeness (QED) is 0.109. The Labute approximate surface area is 278 Å². The fourth-order valence-corrected chi connectivity index (χ4v) is 11.3. The van der Waals surface area contributed by atoms with Crippen LogP contribution in [-0.4, -0.2) is 12.1 Å². The van der Waals surface area contributed by atoms with E-state index in [1.54, 1.807) is 11.6 Å².